The summed E-state index contributed by atoms with van der Waals surface area (Å²) < 4.78 is 0.851. The van der Waals surface area contributed by atoms with Crippen LogP contribution in [0, 0.1) is 16.7 Å². The van der Waals surface area contributed by atoms with E-state index in [-0.39, 0.29) is 0 Å². The Labute approximate surface area is 109 Å². The van der Waals surface area contributed by atoms with Gasteiger partial charge in [-0.1, -0.05) is 40.5 Å². The van der Waals surface area contributed by atoms with E-state index in [2.05, 4.69) is 22.0 Å². The maximum Gasteiger partial charge on any atom is 0.0987 e. The third-order valence-electron chi connectivity index (χ3n) is 2.85. The van der Waals surface area contributed by atoms with Gasteiger partial charge in [-0.25, -0.2) is 0 Å². The molecule has 0 amide bonds. The zero-order chi connectivity index (χ0) is 12.3. The Morgan fingerprint density at radius 3 is 2.69 bits per heavy atom. The molecule has 0 fully saturated rings. The van der Waals surface area contributed by atoms with Crippen LogP contribution in [0.1, 0.15) is 31.9 Å². The van der Waals surface area contributed by atoms with Crippen molar-refractivity contribution in [2.45, 2.75) is 26.4 Å². The molecule has 0 saturated heterocycles. The Morgan fingerprint density at radius 2 is 2.25 bits per heavy atom. The van der Waals surface area contributed by atoms with Gasteiger partial charge in [-0.2, -0.15) is 5.26 Å². The van der Waals surface area contributed by atoms with Crippen molar-refractivity contribution in [1.82, 2.24) is 0 Å². The molecule has 0 heterocycles. The van der Waals surface area contributed by atoms with Gasteiger partial charge in [-0.3, -0.25) is 0 Å². The topological polar surface area (TPSA) is 44.0 Å². The lowest BCUT2D eigenvalue weighted by Gasteiger charge is -2.27. The maximum absolute atomic E-state index is 10.2. The monoisotopic (exact) mass is 301 g/mol. The molecule has 16 heavy (non-hydrogen) atoms. The minimum absolute atomic E-state index is 0.469. The van der Waals surface area contributed by atoms with Gasteiger partial charge < -0.3 is 5.11 Å². The Bertz CT molecular complexity index is 430. The lowest BCUT2D eigenvalue weighted by Crippen LogP contribution is -2.23. The van der Waals surface area contributed by atoms with E-state index < -0.39 is 11.5 Å². The van der Waals surface area contributed by atoms with Gasteiger partial charge in [0.1, 0.15) is 0 Å². The number of nitriles is 1. The largest absolute Gasteiger partial charge is 0.387 e. The molecule has 2 unspecified atom stereocenters. The summed E-state index contributed by atoms with van der Waals surface area (Å²) in [5, 5.41) is 19.8. The first kappa shape index (κ1) is 13.5. The summed E-state index contributed by atoms with van der Waals surface area (Å²) in [5.41, 5.74) is -0.215. The lowest BCUT2D eigenvalue weighted by atomic mass is 9.80. The van der Waals surface area contributed by atoms with E-state index in [0.717, 1.165) is 4.47 Å². The minimum Gasteiger partial charge on any atom is -0.387 e. The summed E-state index contributed by atoms with van der Waals surface area (Å²) in [6.07, 6.45) is -0.306. The SMILES string of the molecule is CCC(C)(C#N)C(O)c1ccc(Br)cc1Cl. The molecule has 0 aliphatic heterocycles. The van der Waals surface area contributed by atoms with Crippen molar-refractivity contribution < 1.29 is 5.11 Å². The van der Waals surface area contributed by atoms with Crippen molar-refractivity contribution in [1.29, 1.82) is 5.26 Å². The summed E-state index contributed by atoms with van der Waals surface area (Å²) >= 11 is 9.34. The van der Waals surface area contributed by atoms with Gasteiger partial charge in [-0.15, -0.1) is 0 Å². The highest BCUT2D eigenvalue weighted by molar-refractivity contribution is 9.10. The molecular weight excluding hydrogens is 289 g/mol. The molecule has 1 N–H and O–H groups in total. The van der Waals surface area contributed by atoms with Crippen LogP contribution in [0.4, 0.5) is 0 Å². The van der Waals surface area contributed by atoms with Gasteiger partial charge in [0, 0.05) is 15.1 Å². The van der Waals surface area contributed by atoms with Crippen molar-refractivity contribution in [3.8, 4) is 6.07 Å². The molecule has 2 atom stereocenters. The maximum atomic E-state index is 10.2. The molecule has 1 rings (SSSR count). The van der Waals surface area contributed by atoms with Crippen molar-refractivity contribution in [3.05, 3.63) is 33.3 Å². The van der Waals surface area contributed by atoms with Crippen LogP contribution in [0.25, 0.3) is 0 Å². The molecule has 86 valence electrons. The van der Waals surface area contributed by atoms with Crippen LogP contribution in [0.15, 0.2) is 22.7 Å². The van der Waals surface area contributed by atoms with Gasteiger partial charge in [0.2, 0.25) is 0 Å². The zero-order valence-electron chi connectivity index (χ0n) is 9.17. The van der Waals surface area contributed by atoms with Crippen LogP contribution in [-0.4, -0.2) is 5.11 Å². The van der Waals surface area contributed by atoms with Crippen LogP contribution in [0.5, 0.6) is 0 Å². The summed E-state index contributed by atoms with van der Waals surface area (Å²) in [6, 6.07) is 7.41. The highest BCUT2D eigenvalue weighted by Gasteiger charge is 2.33. The van der Waals surface area contributed by atoms with E-state index >= 15 is 0 Å². The molecule has 4 heteroatoms. The van der Waals surface area contributed by atoms with E-state index in [0.29, 0.717) is 17.0 Å². The van der Waals surface area contributed by atoms with Crippen LogP contribution >= 0.6 is 27.5 Å². The number of aliphatic hydroxyl groups is 1. The van der Waals surface area contributed by atoms with E-state index in [9.17, 15) is 5.11 Å². The number of halogens is 2. The first-order valence-electron chi connectivity index (χ1n) is 4.99. The summed E-state index contributed by atoms with van der Waals surface area (Å²) in [7, 11) is 0. The molecule has 0 aliphatic rings. The summed E-state index contributed by atoms with van der Waals surface area (Å²) in [6.45, 7) is 3.61. The van der Waals surface area contributed by atoms with Crippen molar-refractivity contribution >= 4 is 27.5 Å². The zero-order valence-corrected chi connectivity index (χ0v) is 11.5. The van der Waals surface area contributed by atoms with Gasteiger partial charge in [0.25, 0.3) is 0 Å². The first-order valence-corrected chi connectivity index (χ1v) is 6.16. The fourth-order valence-electron chi connectivity index (χ4n) is 1.40. The molecule has 0 aliphatic carbocycles. The quantitative estimate of drug-likeness (QED) is 0.914. The number of hydrogen-bond donors (Lipinski definition) is 1. The standard InChI is InChI=1S/C12H13BrClNO/c1-3-12(2,7-15)11(16)9-5-4-8(13)6-10(9)14/h4-6,11,16H,3H2,1-2H3. The average Bonchev–Trinajstić information content (AvgIpc) is 2.27. The second-order valence-corrected chi connectivity index (χ2v) is 5.27. The highest BCUT2D eigenvalue weighted by atomic mass is 79.9. The van der Waals surface area contributed by atoms with E-state index in [4.69, 9.17) is 16.9 Å². The predicted octanol–water partition coefficient (Wildman–Crippen LogP) is 4.08. The number of aliphatic hydroxyl groups excluding tert-OH is 1. The van der Waals surface area contributed by atoms with Crippen LogP contribution in [0.3, 0.4) is 0 Å². The number of rotatable bonds is 3. The molecule has 0 saturated carbocycles. The number of benzene rings is 1. The Morgan fingerprint density at radius 1 is 1.62 bits per heavy atom. The van der Waals surface area contributed by atoms with Crippen LogP contribution in [0.2, 0.25) is 5.02 Å². The summed E-state index contributed by atoms with van der Waals surface area (Å²) in [5.74, 6) is 0. The fourth-order valence-corrected chi connectivity index (χ4v) is 2.18. The molecule has 0 radical (unpaired) electrons. The predicted molar refractivity (Wildman–Crippen MR) is 68.1 cm³/mol. The van der Waals surface area contributed by atoms with Crippen molar-refractivity contribution in [2.24, 2.45) is 5.41 Å². The molecular formula is C12H13BrClNO. The molecule has 1 aromatic carbocycles. The number of hydrogen-bond acceptors (Lipinski definition) is 2. The van der Waals surface area contributed by atoms with Crippen LogP contribution < -0.4 is 0 Å². The Balaban J connectivity index is 3.15. The van der Waals surface area contributed by atoms with Gasteiger partial charge >= 0.3 is 0 Å². The smallest absolute Gasteiger partial charge is 0.0987 e. The first-order chi connectivity index (χ1) is 7.44. The number of nitrogens with zero attached hydrogens (tertiary/aromatic N) is 1. The summed E-state index contributed by atoms with van der Waals surface area (Å²) in [4.78, 5) is 0. The van der Waals surface area contributed by atoms with E-state index in [1.165, 1.54) is 0 Å². The van der Waals surface area contributed by atoms with E-state index in [1.54, 1.807) is 25.1 Å². The Kier molecular flexibility index (Phi) is 4.37. The third-order valence-corrected chi connectivity index (χ3v) is 3.67. The normalized spacial score (nSPS) is 16.2. The van der Waals surface area contributed by atoms with Gasteiger partial charge in [0.15, 0.2) is 0 Å². The van der Waals surface area contributed by atoms with Crippen LogP contribution in [-0.2, 0) is 0 Å². The molecule has 0 bridgehead atoms. The third kappa shape index (κ3) is 2.57. The molecule has 0 spiro atoms. The fraction of sp³-hybridized carbons (Fsp3) is 0.417. The highest BCUT2D eigenvalue weighted by Crippen LogP contribution is 2.39. The molecule has 0 aromatic heterocycles. The van der Waals surface area contributed by atoms with E-state index in [1.807, 2.05) is 6.92 Å². The molecule has 2 nitrogen and oxygen atoms in total. The molecule has 1 aromatic rings. The van der Waals surface area contributed by atoms with Gasteiger partial charge in [0.05, 0.1) is 17.6 Å². The van der Waals surface area contributed by atoms with Crippen molar-refractivity contribution in [3.63, 3.8) is 0 Å². The average molecular weight is 303 g/mol. The van der Waals surface area contributed by atoms with Crippen molar-refractivity contribution in [2.75, 3.05) is 0 Å². The second kappa shape index (κ2) is 5.18. The minimum atomic E-state index is -0.872. The lowest BCUT2D eigenvalue weighted by molar-refractivity contribution is 0.0723. The Hall–Kier alpha value is -0.560. The van der Waals surface area contributed by atoms with Gasteiger partial charge in [-0.05, 0) is 25.5 Å². The second-order valence-electron chi connectivity index (χ2n) is 3.95.